The molecule has 0 radical (unpaired) electrons. The summed E-state index contributed by atoms with van der Waals surface area (Å²) in [7, 11) is 4.45. The van der Waals surface area contributed by atoms with Crippen molar-refractivity contribution < 1.29 is 18.2 Å². The highest BCUT2D eigenvalue weighted by molar-refractivity contribution is 7.25. The first-order valence-electron chi connectivity index (χ1n) is 4.98. The van der Waals surface area contributed by atoms with E-state index < -0.39 is 0 Å². The third kappa shape index (κ3) is 5.09. The first-order valence-corrected chi connectivity index (χ1v) is 7.81. The summed E-state index contributed by atoms with van der Waals surface area (Å²) in [4.78, 5) is 0. The van der Waals surface area contributed by atoms with Gasteiger partial charge in [-0.2, -0.15) is 0 Å². The second kappa shape index (κ2) is 9.95. The molecule has 0 aliphatic heterocycles. The van der Waals surface area contributed by atoms with Crippen LogP contribution in [-0.4, -0.2) is 24.0 Å². The molecule has 0 bridgehead atoms. The van der Waals surface area contributed by atoms with Crippen molar-refractivity contribution in [2.24, 2.45) is 5.92 Å². The molecular formula is C8H18O4P4. The average Bonchev–Trinajstić information content (AvgIpc) is 2.29. The van der Waals surface area contributed by atoms with Crippen molar-refractivity contribution in [1.82, 2.24) is 0 Å². The van der Waals surface area contributed by atoms with Crippen LogP contribution >= 0.6 is 35.9 Å². The monoisotopic (exact) mass is 302 g/mol. The van der Waals surface area contributed by atoms with Gasteiger partial charge in [0.15, 0.2) is 16.9 Å². The quantitative estimate of drug-likeness (QED) is 0.613. The van der Waals surface area contributed by atoms with Gasteiger partial charge in [0.05, 0.1) is 11.8 Å². The SMILES string of the molecule is CC[C@H](OP)[C@@H](OP)[C@@H](P=O)[C@H](C)CP=O. The molecule has 94 valence electrons. The third-order valence-corrected chi connectivity index (χ3v) is 4.94. The van der Waals surface area contributed by atoms with Crippen molar-refractivity contribution >= 4 is 35.9 Å². The fraction of sp³-hybridized carbons (Fsp3) is 1.00. The highest BCUT2D eigenvalue weighted by Crippen LogP contribution is 2.31. The Balaban J connectivity index is 4.71. The molecular weight excluding hydrogens is 284 g/mol. The van der Waals surface area contributed by atoms with Crippen molar-refractivity contribution in [2.45, 2.75) is 38.1 Å². The summed E-state index contributed by atoms with van der Waals surface area (Å²) in [6.07, 6.45) is 0.803. The maximum atomic E-state index is 11.2. The largest absolute Gasteiger partial charge is 0.360 e. The van der Waals surface area contributed by atoms with Crippen LogP contribution in [0.4, 0.5) is 0 Å². The predicted octanol–water partition coefficient (Wildman–Crippen LogP) is 3.34. The van der Waals surface area contributed by atoms with Gasteiger partial charge in [-0.05, 0) is 12.3 Å². The lowest BCUT2D eigenvalue weighted by Crippen LogP contribution is -2.38. The van der Waals surface area contributed by atoms with Gasteiger partial charge in [0.25, 0.3) is 0 Å². The molecule has 0 aromatic heterocycles. The second-order valence-corrected chi connectivity index (χ2v) is 5.54. The molecule has 0 N–H and O–H groups in total. The van der Waals surface area contributed by atoms with Crippen LogP contribution in [0.5, 0.6) is 0 Å². The Morgan fingerprint density at radius 3 is 2.19 bits per heavy atom. The Hall–Kier alpha value is 0.980. The summed E-state index contributed by atoms with van der Waals surface area (Å²) in [5.41, 5.74) is -0.218. The molecule has 0 saturated heterocycles. The van der Waals surface area contributed by atoms with E-state index in [1.807, 2.05) is 13.8 Å². The van der Waals surface area contributed by atoms with Crippen molar-refractivity contribution in [2.75, 3.05) is 6.16 Å². The molecule has 0 aromatic carbocycles. The van der Waals surface area contributed by atoms with Crippen LogP contribution in [0.15, 0.2) is 0 Å². The standard InChI is InChI=1S/C8H18O4P4/c1-3-6(11-13)7(12-14)8(16-10)5(2)4-15-9/h5-8H,3-4,13-14H2,1-2H3/t5-,6+,7-,8+/m1/s1. The first kappa shape index (κ1) is 17.0. The zero-order valence-corrected chi connectivity index (χ0v) is 13.5. The van der Waals surface area contributed by atoms with E-state index in [4.69, 9.17) is 9.05 Å². The molecule has 0 fully saturated rings. The zero-order chi connectivity index (χ0) is 12.6. The lowest BCUT2D eigenvalue weighted by molar-refractivity contribution is 0.0683. The van der Waals surface area contributed by atoms with Gasteiger partial charge in [-0.1, -0.05) is 13.8 Å². The Morgan fingerprint density at radius 1 is 1.25 bits per heavy atom. The Morgan fingerprint density at radius 2 is 1.88 bits per heavy atom. The smallest absolute Gasteiger partial charge is 0.161 e. The molecule has 0 spiro atoms. The van der Waals surface area contributed by atoms with Gasteiger partial charge in [-0.3, -0.25) is 9.13 Å². The minimum atomic E-state index is -0.289. The van der Waals surface area contributed by atoms with Gasteiger partial charge in [0, 0.05) is 25.1 Å². The second-order valence-electron chi connectivity index (χ2n) is 3.57. The van der Waals surface area contributed by atoms with Gasteiger partial charge in [0.2, 0.25) is 0 Å². The van der Waals surface area contributed by atoms with Crippen molar-refractivity contribution in [1.29, 1.82) is 0 Å². The molecule has 0 aliphatic carbocycles. The lowest BCUT2D eigenvalue weighted by atomic mass is 9.99. The molecule has 0 aliphatic rings. The van der Waals surface area contributed by atoms with E-state index >= 15 is 0 Å². The topological polar surface area (TPSA) is 52.6 Å². The number of hydrogen-bond acceptors (Lipinski definition) is 4. The average molecular weight is 302 g/mol. The predicted molar refractivity (Wildman–Crippen MR) is 72.5 cm³/mol. The van der Waals surface area contributed by atoms with Crippen LogP contribution in [-0.2, 0) is 18.2 Å². The van der Waals surface area contributed by atoms with Crippen LogP contribution in [0.2, 0.25) is 0 Å². The Bertz CT molecular complexity index is 212. The normalized spacial score (nSPS) is 19.5. The van der Waals surface area contributed by atoms with Gasteiger partial charge >= 0.3 is 0 Å². The van der Waals surface area contributed by atoms with E-state index in [0.29, 0.717) is 6.16 Å². The molecule has 2 unspecified atom stereocenters. The van der Waals surface area contributed by atoms with Crippen LogP contribution in [0.25, 0.3) is 0 Å². The molecule has 0 saturated carbocycles. The Kier molecular flexibility index (Phi) is 10.6. The molecule has 6 atom stereocenters. The fourth-order valence-electron chi connectivity index (χ4n) is 1.51. The van der Waals surface area contributed by atoms with E-state index in [1.54, 1.807) is 0 Å². The van der Waals surface area contributed by atoms with Crippen LogP contribution in [0, 0.1) is 5.92 Å². The van der Waals surface area contributed by atoms with E-state index in [0.717, 1.165) is 6.42 Å². The highest BCUT2D eigenvalue weighted by atomic mass is 31.1. The van der Waals surface area contributed by atoms with Crippen LogP contribution in [0.1, 0.15) is 20.3 Å². The van der Waals surface area contributed by atoms with Crippen LogP contribution < -0.4 is 0 Å². The summed E-state index contributed by atoms with van der Waals surface area (Å²) in [5, 5.41) is 0. The summed E-state index contributed by atoms with van der Waals surface area (Å²) in [6.45, 7) is 3.88. The minimum absolute atomic E-state index is 0.00355. The maximum Gasteiger partial charge on any atom is 0.161 e. The number of hydrogen-bond donors (Lipinski definition) is 0. The lowest BCUT2D eigenvalue weighted by Gasteiger charge is -2.29. The van der Waals surface area contributed by atoms with E-state index in [2.05, 4.69) is 18.9 Å². The van der Waals surface area contributed by atoms with Crippen molar-refractivity contribution in [3.8, 4) is 0 Å². The Labute approximate surface area is 105 Å². The van der Waals surface area contributed by atoms with Crippen LogP contribution in [0.3, 0.4) is 0 Å². The molecule has 8 heteroatoms. The third-order valence-electron chi connectivity index (χ3n) is 2.50. The van der Waals surface area contributed by atoms with E-state index in [9.17, 15) is 9.13 Å². The molecule has 0 rings (SSSR count). The molecule has 4 nitrogen and oxygen atoms in total. The molecule has 0 aromatic rings. The van der Waals surface area contributed by atoms with Crippen molar-refractivity contribution in [3.05, 3.63) is 0 Å². The summed E-state index contributed by atoms with van der Waals surface area (Å²) < 4.78 is 32.3. The summed E-state index contributed by atoms with van der Waals surface area (Å²) >= 11 is 0. The summed E-state index contributed by atoms with van der Waals surface area (Å²) in [6, 6.07) is 0. The van der Waals surface area contributed by atoms with E-state index in [-0.39, 0.29) is 40.7 Å². The van der Waals surface area contributed by atoms with Gasteiger partial charge in [-0.25, -0.2) is 0 Å². The van der Waals surface area contributed by atoms with E-state index in [1.165, 1.54) is 0 Å². The van der Waals surface area contributed by atoms with Gasteiger partial charge in [0.1, 0.15) is 6.10 Å². The van der Waals surface area contributed by atoms with Gasteiger partial charge < -0.3 is 9.05 Å². The first-order chi connectivity index (χ1) is 7.65. The zero-order valence-electron chi connectivity index (χ0n) is 9.41. The highest BCUT2D eigenvalue weighted by Gasteiger charge is 2.33. The molecule has 16 heavy (non-hydrogen) atoms. The molecule has 0 heterocycles. The fourth-order valence-corrected chi connectivity index (χ4v) is 3.66. The maximum absolute atomic E-state index is 11.2. The van der Waals surface area contributed by atoms with Crippen molar-refractivity contribution in [3.63, 3.8) is 0 Å². The summed E-state index contributed by atoms with van der Waals surface area (Å²) in [5.74, 6) is 0.0399. The minimum Gasteiger partial charge on any atom is -0.360 e. The number of rotatable bonds is 9. The molecule has 0 amide bonds. The van der Waals surface area contributed by atoms with Gasteiger partial charge in [-0.15, -0.1) is 0 Å².